The molecule has 1 fully saturated rings. The van der Waals surface area contributed by atoms with Gasteiger partial charge in [-0.1, -0.05) is 47.2 Å². The minimum absolute atomic E-state index is 0.229. The van der Waals surface area contributed by atoms with Gasteiger partial charge >= 0.3 is 0 Å². The Morgan fingerprint density at radius 3 is 2.76 bits per heavy atom. The molecule has 2 heterocycles. The molecule has 29 heavy (non-hydrogen) atoms. The number of morpholine rings is 1. The highest BCUT2D eigenvalue weighted by Crippen LogP contribution is 2.32. The Balaban J connectivity index is 1.49. The van der Waals surface area contributed by atoms with E-state index in [4.69, 9.17) is 16.3 Å². The molecule has 0 unspecified atom stereocenters. The lowest BCUT2D eigenvalue weighted by Gasteiger charge is -2.30. The van der Waals surface area contributed by atoms with E-state index in [1.54, 1.807) is 12.3 Å². The number of carbonyl (C=O) groups is 1. The topological polar surface area (TPSA) is 66.5 Å². The maximum absolute atomic E-state index is 12.6. The van der Waals surface area contributed by atoms with Crippen molar-refractivity contribution in [3.8, 4) is 0 Å². The van der Waals surface area contributed by atoms with Crippen LogP contribution in [0.3, 0.4) is 0 Å². The number of ether oxygens (including phenoxy) is 1. The number of halogens is 1. The first-order valence-electron chi connectivity index (χ1n) is 9.33. The number of carbonyl (C=O) groups excluding carboxylic acids is 1. The average molecular weight is 429 g/mol. The second-order valence-electron chi connectivity index (χ2n) is 6.66. The molecule has 0 atom stereocenters. The van der Waals surface area contributed by atoms with Crippen molar-refractivity contribution in [2.45, 2.75) is 6.92 Å². The summed E-state index contributed by atoms with van der Waals surface area (Å²) in [6.45, 7) is 5.04. The van der Waals surface area contributed by atoms with Crippen LogP contribution in [0.1, 0.15) is 15.2 Å². The molecule has 1 saturated heterocycles. The van der Waals surface area contributed by atoms with Crippen LogP contribution >= 0.6 is 22.9 Å². The summed E-state index contributed by atoms with van der Waals surface area (Å²) in [5.74, 6) is -0.229. The van der Waals surface area contributed by atoms with E-state index >= 15 is 0 Å². The lowest BCUT2D eigenvalue weighted by atomic mass is 10.2. The number of hydrogen-bond donors (Lipinski definition) is 2. The highest BCUT2D eigenvalue weighted by Gasteiger charge is 2.17. The van der Waals surface area contributed by atoms with Crippen LogP contribution in [0.5, 0.6) is 0 Å². The van der Waals surface area contributed by atoms with Crippen LogP contribution in [0.2, 0.25) is 5.02 Å². The van der Waals surface area contributed by atoms with Gasteiger partial charge in [-0.2, -0.15) is 0 Å². The van der Waals surface area contributed by atoms with Crippen molar-refractivity contribution in [3.63, 3.8) is 0 Å². The normalized spacial score (nSPS) is 13.9. The summed E-state index contributed by atoms with van der Waals surface area (Å²) in [7, 11) is 0. The predicted molar refractivity (Wildman–Crippen MR) is 119 cm³/mol. The molecule has 1 aliphatic rings. The van der Waals surface area contributed by atoms with E-state index < -0.39 is 0 Å². The molecule has 150 valence electrons. The zero-order valence-electron chi connectivity index (χ0n) is 15.9. The molecule has 0 saturated carbocycles. The summed E-state index contributed by atoms with van der Waals surface area (Å²) in [5.41, 5.74) is 3.59. The van der Waals surface area contributed by atoms with E-state index in [0.29, 0.717) is 20.7 Å². The quantitative estimate of drug-likeness (QED) is 0.602. The third-order valence-corrected chi connectivity index (χ3v) is 5.91. The van der Waals surface area contributed by atoms with E-state index in [-0.39, 0.29) is 5.91 Å². The van der Waals surface area contributed by atoms with Crippen molar-refractivity contribution in [1.82, 2.24) is 4.98 Å². The van der Waals surface area contributed by atoms with Crippen LogP contribution in [0.25, 0.3) is 0 Å². The Bertz CT molecular complexity index is 997. The molecule has 4 rings (SSSR count). The fraction of sp³-hybridized carbons (Fsp3) is 0.238. The Kier molecular flexibility index (Phi) is 5.99. The number of aromatic nitrogens is 1. The maximum Gasteiger partial charge on any atom is 0.267 e. The molecule has 2 N–H and O–H groups in total. The van der Waals surface area contributed by atoms with Crippen molar-refractivity contribution >= 4 is 51.0 Å². The number of benzene rings is 2. The Labute approximate surface area is 178 Å². The zero-order chi connectivity index (χ0) is 20.2. The van der Waals surface area contributed by atoms with Gasteiger partial charge in [-0.15, -0.1) is 0 Å². The van der Waals surface area contributed by atoms with Crippen LogP contribution in [0, 0.1) is 6.92 Å². The van der Waals surface area contributed by atoms with Gasteiger partial charge in [0.2, 0.25) is 0 Å². The minimum Gasteiger partial charge on any atom is -0.378 e. The molecule has 1 aliphatic heterocycles. The lowest BCUT2D eigenvalue weighted by Crippen LogP contribution is -2.36. The highest BCUT2D eigenvalue weighted by atomic mass is 35.5. The van der Waals surface area contributed by atoms with Crippen molar-refractivity contribution in [2.75, 3.05) is 41.8 Å². The first kappa shape index (κ1) is 19.7. The summed E-state index contributed by atoms with van der Waals surface area (Å²) in [4.78, 5) is 19.8. The smallest absolute Gasteiger partial charge is 0.267 e. The fourth-order valence-electron chi connectivity index (χ4n) is 3.18. The van der Waals surface area contributed by atoms with Gasteiger partial charge < -0.3 is 20.3 Å². The summed E-state index contributed by atoms with van der Waals surface area (Å²) < 4.78 is 5.45. The van der Waals surface area contributed by atoms with Crippen molar-refractivity contribution in [2.24, 2.45) is 0 Å². The number of rotatable bonds is 5. The number of nitrogens with zero attached hydrogens (tertiary/aromatic N) is 2. The van der Waals surface area contributed by atoms with Gasteiger partial charge in [0.15, 0.2) is 5.13 Å². The summed E-state index contributed by atoms with van der Waals surface area (Å²) >= 11 is 7.51. The van der Waals surface area contributed by atoms with Gasteiger partial charge in [0.05, 0.1) is 41.5 Å². The summed E-state index contributed by atoms with van der Waals surface area (Å²) in [5, 5.41) is 7.41. The van der Waals surface area contributed by atoms with Crippen LogP contribution in [0.4, 0.5) is 22.2 Å². The Morgan fingerprint density at radius 2 is 1.97 bits per heavy atom. The van der Waals surface area contributed by atoms with Gasteiger partial charge in [-0.05, 0) is 30.7 Å². The maximum atomic E-state index is 12.6. The monoisotopic (exact) mass is 428 g/mol. The largest absolute Gasteiger partial charge is 0.378 e. The number of amides is 1. The molecule has 0 aliphatic carbocycles. The fourth-order valence-corrected chi connectivity index (χ4v) is 4.17. The SMILES string of the molecule is Cc1cccc(Cl)c1NC(=O)c1cnc(Nc2ccccc2N2CCOCC2)s1. The third kappa shape index (κ3) is 4.53. The molecule has 8 heteroatoms. The predicted octanol–water partition coefficient (Wildman–Crippen LogP) is 4.94. The van der Waals surface area contributed by atoms with Gasteiger partial charge in [0, 0.05) is 13.1 Å². The molecule has 3 aromatic rings. The van der Waals surface area contributed by atoms with Gasteiger partial charge in [0.25, 0.3) is 5.91 Å². The Hall–Kier alpha value is -2.61. The zero-order valence-corrected chi connectivity index (χ0v) is 17.5. The molecular weight excluding hydrogens is 408 g/mol. The van der Waals surface area contributed by atoms with Crippen molar-refractivity contribution < 1.29 is 9.53 Å². The van der Waals surface area contributed by atoms with Crippen LogP contribution < -0.4 is 15.5 Å². The third-order valence-electron chi connectivity index (χ3n) is 4.69. The Morgan fingerprint density at radius 1 is 1.17 bits per heavy atom. The molecular formula is C21H21ClN4O2S. The highest BCUT2D eigenvalue weighted by molar-refractivity contribution is 7.17. The minimum atomic E-state index is -0.229. The van der Waals surface area contributed by atoms with Crippen molar-refractivity contribution in [1.29, 1.82) is 0 Å². The molecule has 0 bridgehead atoms. The van der Waals surface area contributed by atoms with E-state index in [1.165, 1.54) is 11.3 Å². The van der Waals surface area contributed by atoms with E-state index in [0.717, 1.165) is 43.2 Å². The first-order valence-corrected chi connectivity index (χ1v) is 10.5. The van der Waals surface area contributed by atoms with Crippen LogP contribution in [-0.2, 0) is 4.74 Å². The van der Waals surface area contributed by atoms with E-state index in [2.05, 4.69) is 26.6 Å². The number of nitrogens with one attached hydrogen (secondary N) is 2. The molecule has 1 aromatic heterocycles. The van der Waals surface area contributed by atoms with Crippen molar-refractivity contribution in [3.05, 3.63) is 64.1 Å². The number of thiazole rings is 1. The number of hydrogen-bond acceptors (Lipinski definition) is 6. The van der Waals surface area contributed by atoms with Gasteiger partial charge in [-0.3, -0.25) is 4.79 Å². The standard InChI is InChI=1S/C21H21ClN4O2S/c1-14-5-4-6-15(22)19(14)25-20(27)18-13-23-21(29-18)24-16-7-2-3-8-17(16)26-9-11-28-12-10-26/h2-8,13H,9-12H2,1H3,(H,23,24)(H,25,27). The van der Waals surface area contributed by atoms with E-state index in [1.807, 2.05) is 37.3 Å². The summed E-state index contributed by atoms with van der Waals surface area (Å²) in [6, 6.07) is 13.6. The molecule has 0 spiro atoms. The van der Waals surface area contributed by atoms with Gasteiger partial charge in [-0.25, -0.2) is 4.98 Å². The molecule has 1 amide bonds. The van der Waals surface area contributed by atoms with Crippen LogP contribution in [0.15, 0.2) is 48.7 Å². The molecule has 2 aromatic carbocycles. The van der Waals surface area contributed by atoms with Crippen LogP contribution in [-0.4, -0.2) is 37.2 Å². The molecule has 6 nitrogen and oxygen atoms in total. The van der Waals surface area contributed by atoms with E-state index in [9.17, 15) is 4.79 Å². The van der Waals surface area contributed by atoms with Gasteiger partial charge in [0.1, 0.15) is 4.88 Å². The molecule has 0 radical (unpaired) electrons. The summed E-state index contributed by atoms with van der Waals surface area (Å²) in [6.07, 6.45) is 1.58. The lowest BCUT2D eigenvalue weighted by molar-refractivity contribution is 0.103. The average Bonchev–Trinajstić information content (AvgIpc) is 3.20. The second kappa shape index (κ2) is 8.82. The number of aryl methyl sites for hydroxylation is 1. The first-order chi connectivity index (χ1) is 14.1. The second-order valence-corrected chi connectivity index (χ2v) is 8.09. The number of anilines is 4. The number of para-hydroxylation sites is 3.